The maximum Gasteiger partial charge on any atom is 0.434 e. The predicted octanol–water partition coefficient (Wildman–Crippen LogP) is 4.72. The van der Waals surface area contributed by atoms with Gasteiger partial charge in [-0.15, -0.1) is 0 Å². The van der Waals surface area contributed by atoms with E-state index in [2.05, 4.69) is 4.98 Å². The van der Waals surface area contributed by atoms with Gasteiger partial charge in [-0.25, -0.2) is 13.8 Å². The summed E-state index contributed by atoms with van der Waals surface area (Å²) in [5.41, 5.74) is -2.14. The van der Waals surface area contributed by atoms with Crippen molar-refractivity contribution in [1.29, 1.82) is 0 Å². The van der Waals surface area contributed by atoms with Crippen LogP contribution in [-0.2, 0) is 6.18 Å². The third-order valence-corrected chi connectivity index (χ3v) is 4.80. The van der Waals surface area contributed by atoms with Crippen LogP contribution in [0.5, 0.6) is 5.75 Å². The molecule has 2 aromatic heterocycles. The molecule has 1 fully saturated rings. The van der Waals surface area contributed by atoms with Gasteiger partial charge in [0, 0.05) is 12.6 Å². The summed E-state index contributed by atoms with van der Waals surface area (Å²) in [6.07, 6.45) is -3.70. The van der Waals surface area contributed by atoms with Crippen molar-refractivity contribution >= 4 is 5.65 Å². The molecule has 0 amide bonds. The maximum absolute atomic E-state index is 13.6. The second-order valence-corrected chi connectivity index (χ2v) is 7.07. The van der Waals surface area contributed by atoms with E-state index in [1.807, 2.05) is 0 Å². The fourth-order valence-corrected chi connectivity index (χ4v) is 3.07. The Labute approximate surface area is 161 Å². The lowest BCUT2D eigenvalue weighted by atomic mass is 10.0. The monoisotopic (exact) mass is 410 g/mol. The van der Waals surface area contributed by atoms with E-state index >= 15 is 0 Å². The molecule has 0 spiro atoms. The molecule has 0 aliphatic heterocycles. The fourth-order valence-electron chi connectivity index (χ4n) is 3.07. The molecule has 0 bridgehead atoms. The van der Waals surface area contributed by atoms with Crippen LogP contribution in [0.2, 0.25) is 0 Å². The Morgan fingerprint density at radius 3 is 2.45 bits per heavy atom. The number of fused-ring (bicyclic) bond motifs is 1. The summed E-state index contributed by atoms with van der Waals surface area (Å²) in [5.74, 6) is -3.34. The molecular formula is C20H15F5N2O2. The molecule has 0 unspecified atom stereocenters. The van der Waals surface area contributed by atoms with Gasteiger partial charge in [-0.1, -0.05) is 12.1 Å². The summed E-state index contributed by atoms with van der Waals surface area (Å²) in [4.78, 5) is 16.5. The summed E-state index contributed by atoms with van der Waals surface area (Å²) >= 11 is 0. The predicted molar refractivity (Wildman–Crippen MR) is 95.2 cm³/mol. The van der Waals surface area contributed by atoms with Crippen LogP contribution in [0.4, 0.5) is 22.0 Å². The molecule has 1 saturated carbocycles. The van der Waals surface area contributed by atoms with Crippen molar-refractivity contribution < 1.29 is 26.7 Å². The quantitative estimate of drug-likeness (QED) is 0.585. The van der Waals surface area contributed by atoms with E-state index in [0.717, 1.165) is 4.40 Å². The molecule has 9 heteroatoms. The zero-order valence-corrected chi connectivity index (χ0v) is 15.1. The van der Waals surface area contributed by atoms with Crippen molar-refractivity contribution in [3.05, 3.63) is 64.2 Å². The fraction of sp³-hybridized carbons (Fsp3) is 0.300. The van der Waals surface area contributed by atoms with Gasteiger partial charge in [-0.2, -0.15) is 13.2 Å². The van der Waals surface area contributed by atoms with E-state index in [-0.39, 0.29) is 30.0 Å². The molecule has 4 nitrogen and oxygen atoms in total. The number of aryl methyl sites for hydroxylation is 1. The van der Waals surface area contributed by atoms with E-state index in [0.29, 0.717) is 5.56 Å². The summed E-state index contributed by atoms with van der Waals surface area (Å²) < 4.78 is 72.9. The van der Waals surface area contributed by atoms with Gasteiger partial charge < -0.3 is 4.74 Å². The van der Waals surface area contributed by atoms with Crippen LogP contribution in [0.25, 0.3) is 16.8 Å². The molecular weight excluding hydrogens is 395 g/mol. The lowest BCUT2D eigenvalue weighted by Gasteiger charge is -2.14. The lowest BCUT2D eigenvalue weighted by molar-refractivity contribution is -0.140. The maximum atomic E-state index is 13.6. The highest BCUT2D eigenvalue weighted by molar-refractivity contribution is 5.68. The van der Waals surface area contributed by atoms with E-state index < -0.39 is 34.8 Å². The first-order chi connectivity index (χ1) is 13.6. The number of alkyl halides is 5. The molecule has 0 radical (unpaired) electrons. The van der Waals surface area contributed by atoms with Gasteiger partial charge in [0.25, 0.3) is 11.5 Å². The summed E-state index contributed by atoms with van der Waals surface area (Å²) in [5, 5.41) is 0. The van der Waals surface area contributed by atoms with E-state index in [1.165, 1.54) is 36.5 Å². The van der Waals surface area contributed by atoms with Crippen molar-refractivity contribution in [3.63, 3.8) is 0 Å². The number of hydrogen-bond donors (Lipinski definition) is 0. The van der Waals surface area contributed by atoms with Crippen LogP contribution in [0.3, 0.4) is 0 Å². The highest BCUT2D eigenvalue weighted by Gasteiger charge is 2.57. The van der Waals surface area contributed by atoms with Crippen molar-refractivity contribution in [3.8, 4) is 16.9 Å². The van der Waals surface area contributed by atoms with Crippen LogP contribution in [-0.4, -0.2) is 21.9 Å². The summed E-state index contributed by atoms with van der Waals surface area (Å²) in [6.45, 7) is 1.50. The highest BCUT2D eigenvalue weighted by atomic mass is 19.4. The van der Waals surface area contributed by atoms with Gasteiger partial charge in [0.15, 0.2) is 5.69 Å². The molecule has 1 aliphatic carbocycles. The molecule has 3 aromatic rings. The third-order valence-electron chi connectivity index (χ3n) is 4.80. The number of ether oxygens (including phenoxy) is 1. The molecule has 4 rings (SSSR count). The number of halogens is 5. The van der Waals surface area contributed by atoms with Gasteiger partial charge in [-0.05, 0) is 42.3 Å². The standard InChI is InChI=1S/C20H15F5N2O2/c1-11-6-7-27-15(8-11)26-17(20(23,24)25)16(18(27)28)12-2-4-14(5-3-12)29-10-13-9-19(13,21)22/h2-8,13H,9-10H2,1H3/t13-/m0/s1. The molecule has 2 heterocycles. The first-order valence-electron chi connectivity index (χ1n) is 8.77. The number of aromatic nitrogens is 2. The van der Waals surface area contributed by atoms with Gasteiger partial charge in [0.2, 0.25) is 0 Å². The first-order valence-corrected chi connectivity index (χ1v) is 8.77. The van der Waals surface area contributed by atoms with Crippen molar-refractivity contribution in [1.82, 2.24) is 9.38 Å². The zero-order chi connectivity index (χ0) is 21.0. The minimum Gasteiger partial charge on any atom is -0.493 e. The zero-order valence-electron chi connectivity index (χ0n) is 15.1. The molecule has 1 aromatic carbocycles. The molecule has 152 valence electrons. The Balaban J connectivity index is 1.73. The SMILES string of the molecule is Cc1ccn2c(=O)c(-c3ccc(OC[C@@H]4CC4(F)F)cc3)c(C(F)(F)F)nc2c1. The minimum atomic E-state index is -4.83. The second kappa shape index (κ2) is 6.53. The van der Waals surface area contributed by atoms with Crippen molar-refractivity contribution in [2.75, 3.05) is 6.61 Å². The Kier molecular flexibility index (Phi) is 4.36. The van der Waals surface area contributed by atoms with E-state index in [9.17, 15) is 26.7 Å². The van der Waals surface area contributed by atoms with Crippen LogP contribution in [0, 0.1) is 12.8 Å². The number of benzene rings is 1. The van der Waals surface area contributed by atoms with Crippen molar-refractivity contribution in [2.45, 2.75) is 25.4 Å². The topological polar surface area (TPSA) is 43.6 Å². The lowest BCUT2D eigenvalue weighted by Crippen LogP contribution is -2.24. The van der Waals surface area contributed by atoms with E-state index in [1.54, 1.807) is 13.0 Å². The average molecular weight is 410 g/mol. The Morgan fingerprint density at radius 2 is 1.86 bits per heavy atom. The Morgan fingerprint density at radius 1 is 1.21 bits per heavy atom. The molecule has 1 aliphatic rings. The molecule has 0 saturated heterocycles. The van der Waals surface area contributed by atoms with Crippen LogP contribution in [0.15, 0.2) is 47.4 Å². The number of nitrogens with zero attached hydrogens (tertiary/aromatic N) is 2. The van der Waals surface area contributed by atoms with Crippen LogP contribution < -0.4 is 10.3 Å². The van der Waals surface area contributed by atoms with Gasteiger partial charge in [0.05, 0.1) is 18.1 Å². The van der Waals surface area contributed by atoms with Gasteiger partial charge >= 0.3 is 6.18 Å². The van der Waals surface area contributed by atoms with Crippen LogP contribution >= 0.6 is 0 Å². The van der Waals surface area contributed by atoms with E-state index in [4.69, 9.17) is 4.74 Å². The minimum absolute atomic E-state index is 0.00824. The highest BCUT2D eigenvalue weighted by Crippen LogP contribution is 2.48. The number of pyridine rings is 1. The largest absolute Gasteiger partial charge is 0.493 e. The van der Waals surface area contributed by atoms with Crippen LogP contribution in [0.1, 0.15) is 17.7 Å². The molecule has 1 atom stereocenters. The molecule has 0 N–H and O–H groups in total. The number of hydrogen-bond acceptors (Lipinski definition) is 3. The number of rotatable bonds is 4. The second-order valence-electron chi connectivity index (χ2n) is 7.07. The third kappa shape index (κ3) is 3.68. The summed E-state index contributed by atoms with van der Waals surface area (Å²) in [6, 6.07) is 8.25. The van der Waals surface area contributed by atoms with Gasteiger partial charge in [-0.3, -0.25) is 9.20 Å². The van der Waals surface area contributed by atoms with Crippen molar-refractivity contribution in [2.24, 2.45) is 5.92 Å². The average Bonchev–Trinajstić information content (AvgIpc) is 3.26. The molecule has 29 heavy (non-hydrogen) atoms. The Bertz CT molecular complexity index is 1140. The Hall–Kier alpha value is -2.97. The normalized spacial score (nSPS) is 18.1. The summed E-state index contributed by atoms with van der Waals surface area (Å²) in [7, 11) is 0. The first kappa shape index (κ1) is 19.4. The smallest absolute Gasteiger partial charge is 0.434 e. The van der Waals surface area contributed by atoms with Gasteiger partial charge in [0.1, 0.15) is 11.4 Å².